The van der Waals surface area contributed by atoms with Gasteiger partial charge in [-0.3, -0.25) is 9.78 Å². The second-order valence-corrected chi connectivity index (χ2v) is 5.61. The Morgan fingerprint density at radius 3 is 2.65 bits per heavy atom. The van der Waals surface area contributed by atoms with Gasteiger partial charge in [0.2, 0.25) is 0 Å². The molecule has 0 aromatic carbocycles. The van der Waals surface area contributed by atoms with Crippen molar-refractivity contribution < 1.29 is 4.79 Å². The number of anilines is 1. The van der Waals surface area contributed by atoms with Crippen LogP contribution in [0.5, 0.6) is 0 Å². The normalized spacial score (nSPS) is 12.3. The lowest BCUT2D eigenvalue weighted by molar-refractivity contribution is 0.0722. The summed E-state index contributed by atoms with van der Waals surface area (Å²) in [5, 5.41) is 3.15. The quantitative estimate of drug-likeness (QED) is 0.833. The van der Waals surface area contributed by atoms with Crippen LogP contribution < -0.4 is 5.32 Å². The van der Waals surface area contributed by atoms with E-state index in [9.17, 15) is 4.79 Å². The minimum atomic E-state index is -0.0780. The summed E-state index contributed by atoms with van der Waals surface area (Å²) >= 11 is 0. The Kier molecular flexibility index (Phi) is 6.42. The predicted octanol–water partition coefficient (Wildman–Crippen LogP) is 2.81. The van der Waals surface area contributed by atoms with Gasteiger partial charge in [0.25, 0.3) is 5.91 Å². The highest BCUT2D eigenvalue weighted by Gasteiger charge is 2.19. The van der Waals surface area contributed by atoms with E-state index in [0.717, 1.165) is 19.4 Å². The lowest BCUT2D eigenvalue weighted by atomic mass is 10.0. The maximum Gasteiger partial charge on any atom is 0.274 e. The molecule has 1 atom stereocenters. The van der Waals surface area contributed by atoms with Crippen molar-refractivity contribution in [2.75, 3.05) is 18.9 Å². The standard InChI is InChI=1S/C15H26N4O/c1-6-7-17-14-10-16-9-13(18-14)15(20)19(5)12(4)8-11(2)3/h9-12H,6-8H2,1-5H3,(H,17,18). The van der Waals surface area contributed by atoms with Gasteiger partial charge < -0.3 is 10.2 Å². The first-order chi connectivity index (χ1) is 9.45. The Morgan fingerprint density at radius 1 is 1.35 bits per heavy atom. The average molecular weight is 278 g/mol. The number of amides is 1. The van der Waals surface area contributed by atoms with E-state index in [1.807, 2.05) is 7.05 Å². The third kappa shape index (κ3) is 4.79. The van der Waals surface area contributed by atoms with E-state index in [1.165, 1.54) is 6.20 Å². The van der Waals surface area contributed by atoms with E-state index in [2.05, 4.69) is 43.0 Å². The van der Waals surface area contributed by atoms with Crippen molar-refractivity contribution in [3.8, 4) is 0 Å². The lowest BCUT2D eigenvalue weighted by Gasteiger charge is -2.26. The van der Waals surface area contributed by atoms with Crippen molar-refractivity contribution in [2.45, 2.75) is 46.6 Å². The Bertz CT molecular complexity index is 434. The summed E-state index contributed by atoms with van der Waals surface area (Å²) in [5.41, 5.74) is 0.393. The van der Waals surface area contributed by atoms with Crippen LogP contribution in [0.2, 0.25) is 0 Å². The van der Waals surface area contributed by atoms with Gasteiger partial charge in [0.1, 0.15) is 11.5 Å². The lowest BCUT2D eigenvalue weighted by Crippen LogP contribution is -2.36. The molecule has 0 aliphatic rings. The summed E-state index contributed by atoms with van der Waals surface area (Å²) in [7, 11) is 1.82. The first-order valence-electron chi connectivity index (χ1n) is 7.28. The number of carbonyl (C=O) groups is 1. The van der Waals surface area contributed by atoms with Crippen molar-refractivity contribution in [3.63, 3.8) is 0 Å². The van der Waals surface area contributed by atoms with Gasteiger partial charge in [0, 0.05) is 19.6 Å². The van der Waals surface area contributed by atoms with E-state index in [-0.39, 0.29) is 11.9 Å². The summed E-state index contributed by atoms with van der Waals surface area (Å²) in [4.78, 5) is 22.5. The number of hydrogen-bond acceptors (Lipinski definition) is 4. The zero-order chi connectivity index (χ0) is 15.1. The maximum atomic E-state index is 12.4. The van der Waals surface area contributed by atoms with Crippen LogP contribution in [0.25, 0.3) is 0 Å². The fourth-order valence-electron chi connectivity index (χ4n) is 2.03. The largest absolute Gasteiger partial charge is 0.369 e. The molecule has 112 valence electrons. The molecule has 1 N–H and O–H groups in total. The van der Waals surface area contributed by atoms with Crippen molar-refractivity contribution in [2.24, 2.45) is 5.92 Å². The highest BCUT2D eigenvalue weighted by Crippen LogP contribution is 2.12. The summed E-state index contributed by atoms with van der Waals surface area (Å²) in [6, 6.07) is 0.191. The smallest absolute Gasteiger partial charge is 0.274 e. The molecule has 0 aliphatic heterocycles. The molecule has 0 aliphatic carbocycles. The van der Waals surface area contributed by atoms with Crippen molar-refractivity contribution in [3.05, 3.63) is 18.1 Å². The molecule has 1 rings (SSSR count). The number of nitrogens with one attached hydrogen (secondary N) is 1. The fourth-order valence-corrected chi connectivity index (χ4v) is 2.03. The van der Waals surface area contributed by atoms with Crippen LogP contribution in [-0.2, 0) is 0 Å². The number of hydrogen-bond donors (Lipinski definition) is 1. The first-order valence-corrected chi connectivity index (χ1v) is 7.28. The van der Waals surface area contributed by atoms with Gasteiger partial charge in [-0.15, -0.1) is 0 Å². The molecule has 0 fully saturated rings. The van der Waals surface area contributed by atoms with E-state index in [4.69, 9.17) is 0 Å². The Balaban J connectivity index is 2.75. The highest BCUT2D eigenvalue weighted by atomic mass is 16.2. The van der Waals surface area contributed by atoms with Gasteiger partial charge in [-0.1, -0.05) is 20.8 Å². The average Bonchev–Trinajstić information content (AvgIpc) is 2.43. The van der Waals surface area contributed by atoms with E-state index >= 15 is 0 Å². The van der Waals surface area contributed by atoms with Crippen LogP contribution in [-0.4, -0.2) is 40.4 Å². The highest BCUT2D eigenvalue weighted by molar-refractivity contribution is 5.92. The molecule has 5 nitrogen and oxygen atoms in total. The summed E-state index contributed by atoms with van der Waals surface area (Å²) in [6.07, 6.45) is 5.15. The third-order valence-corrected chi connectivity index (χ3v) is 3.20. The molecular weight excluding hydrogens is 252 g/mol. The molecule has 0 spiro atoms. The summed E-state index contributed by atoms with van der Waals surface area (Å²) < 4.78 is 0. The van der Waals surface area contributed by atoms with Crippen molar-refractivity contribution in [1.29, 1.82) is 0 Å². The summed E-state index contributed by atoms with van der Waals surface area (Å²) in [5.74, 6) is 1.14. The number of carbonyl (C=O) groups excluding carboxylic acids is 1. The molecule has 0 saturated carbocycles. The predicted molar refractivity (Wildman–Crippen MR) is 81.8 cm³/mol. The van der Waals surface area contributed by atoms with Crippen LogP contribution in [0.4, 0.5) is 5.82 Å². The second-order valence-electron chi connectivity index (χ2n) is 5.61. The van der Waals surface area contributed by atoms with Gasteiger partial charge in [0.15, 0.2) is 0 Å². The number of aromatic nitrogens is 2. The van der Waals surface area contributed by atoms with Gasteiger partial charge in [-0.2, -0.15) is 0 Å². The molecule has 1 aromatic heterocycles. The Hall–Kier alpha value is -1.65. The zero-order valence-electron chi connectivity index (χ0n) is 13.2. The molecule has 0 saturated heterocycles. The monoisotopic (exact) mass is 278 g/mol. The van der Waals surface area contributed by atoms with Gasteiger partial charge in [-0.25, -0.2) is 4.98 Å². The van der Waals surface area contributed by atoms with E-state index in [1.54, 1.807) is 11.1 Å². The topological polar surface area (TPSA) is 58.1 Å². The molecule has 1 aromatic rings. The summed E-state index contributed by atoms with van der Waals surface area (Å²) in [6.45, 7) is 9.28. The van der Waals surface area contributed by atoms with Gasteiger partial charge >= 0.3 is 0 Å². The second kappa shape index (κ2) is 7.82. The molecule has 1 heterocycles. The molecule has 20 heavy (non-hydrogen) atoms. The molecule has 5 heteroatoms. The molecule has 0 bridgehead atoms. The van der Waals surface area contributed by atoms with Crippen LogP contribution in [0, 0.1) is 5.92 Å². The van der Waals surface area contributed by atoms with Crippen LogP contribution in [0.15, 0.2) is 12.4 Å². The number of rotatable bonds is 7. The molecule has 1 amide bonds. The van der Waals surface area contributed by atoms with Crippen LogP contribution >= 0.6 is 0 Å². The van der Waals surface area contributed by atoms with Gasteiger partial charge in [-0.05, 0) is 25.7 Å². The van der Waals surface area contributed by atoms with E-state index in [0.29, 0.717) is 17.4 Å². The molecule has 0 radical (unpaired) electrons. The maximum absolute atomic E-state index is 12.4. The minimum Gasteiger partial charge on any atom is -0.369 e. The SMILES string of the molecule is CCCNc1cncc(C(=O)N(C)C(C)CC(C)C)n1. The Morgan fingerprint density at radius 2 is 2.05 bits per heavy atom. The minimum absolute atomic E-state index is 0.0780. The molecule has 1 unspecified atom stereocenters. The Labute approximate surface area is 121 Å². The van der Waals surface area contributed by atoms with Crippen LogP contribution in [0.3, 0.4) is 0 Å². The number of nitrogens with zero attached hydrogens (tertiary/aromatic N) is 3. The fraction of sp³-hybridized carbons (Fsp3) is 0.667. The molecular formula is C15H26N4O. The van der Waals surface area contributed by atoms with E-state index < -0.39 is 0 Å². The van der Waals surface area contributed by atoms with Crippen molar-refractivity contribution in [1.82, 2.24) is 14.9 Å². The van der Waals surface area contributed by atoms with Crippen molar-refractivity contribution >= 4 is 11.7 Å². The zero-order valence-corrected chi connectivity index (χ0v) is 13.2. The first kappa shape index (κ1) is 16.4. The van der Waals surface area contributed by atoms with Gasteiger partial charge in [0.05, 0.1) is 12.4 Å². The third-order valence-electron chi connectivity index (χ3n) is 3.20. The van der Waals surface area contributed by atoms with Crippen LogP contribution in [0.1, 0.15) is 51.0 Å².